The van der Waals surface area contributed by atoms with Crippen LogP contribution in [-0.4, -0.2) is 6.08 Å². The van der Waals surface area contributed by atoms with Crippen molar-refractivity contribution in [3.63, 3.8) is 0 Å². The number of hydrogen-bond acceptors (Lipinski definition) is 2. The van der Waals surface area contributed by atoms with Crippen LogP contribution in [0.25, 0.3) is 0 Å². The lowest BCUT2D eigenvalue weighted by Gasteiger charge is -2.04. The quantitative estimate of drug-likeness (QED) is 0.561. The number of halogens is 2. The van der Waals surface area contributed by atoms with Crippen molar-refractivity contribution < 1.29 is 9.18 Å². The summed E-state index contributed by atoms with van der Waals surface area (Å²) in [6, 6.07) is 3.23. The van der Waals surface area contributed by atoms with Gasteiger partial charge in [-0.2, -0.15) is 0 Å². The van der Waals surface area contributed by atoms with Gasteiger partial charge >= 0.3 is 0 Å². The summed E-state index contributed by atoms with van der Waals surface area (Å²) in [7, 11) is 0. The average molecular weight is 214 g/mol. The molecule has 1 aromatic carbocycles. The summed E-state index contributed by atoms with van der Waals surface area (Å²) in [5.41, 5.74) is 1.25. The average Bonchev–Trinajstić information content (AvgIpc) is 2.20. The van der Waals surface area contributed by atoms with Gasteiger partial charge in [-0.3, -0.25) is 0 Å². The lowest BCUT2D eigenvalue weighted by molar-refractivity contribution is 0.561. The first-order chi connectivity index (χ1) is 6.69. The zero-order valence-corrected chi connectivity index (χ0v) is 8.44. The molecule has 0 radical (unpaired) electrons. The molecular formula is C10H9ClFNO. The normalized spacial score (nSPS) is 9.64. The van der Waals surface area contributed by atoms with Crippen molar-refractivity contribution in [3.05, 3.63) is 34.1 Å². The minimum absolute atomic E-state index is 0.0110. The number of aryl methyl sites for hydroxylation is 1. The second-order valence-electron chi connectivity index (χ2n) is 2.81. The van der Waals surface area contributed by atoms with Crippen LogP contribution in [0.2, 0.25) is 5.02 Å². The van der Waals surface area contributed by atoms with Crippen LogP contribution in [-0.2, 0) is 17.8 Å². The summed E-state index contributed by atoms with van der Waals surface area (Å²) < 4.78 is 13.3. The Bertz CT molecular complexity index is 386. The Morgan fingerprint density at radius 1 is 1.57 bits per heavy atom. The largest absolute Gasteiger partial charge is 0.235 e. The van der Waals surface area contributed by atoms with Gasteiger partial charge in [0.25, 0.3) is 0 Å². The number of carbonyl (C=O) groups excluding carboxylic acids is 1. The maximum absolute atomic E-state index is 13.3. The van der Waals surface area contributed by atoms with Crippen LogP contribution >= 0.6 is 11.6 Å². The molecule has 1 rings (SSSR count). The molecule has 0 aliphatic rings. The lowest BCUT2D eigenvalue weighted by Crippen LogP contribution is -1.93. The van der Waals surface area contributed by atoms with E-state index in [0.717, 1.165) is 12.0 Å². The van der Waals surface area contributed by atoms with E-state index in [1.807, 2.05) is 6.92 Å². The van der Waals surface area contributed by atoms with Crippen LogP contribution in [0.15, 0.2) is 17.1 Å². The van der Waals surface area contributed by atoms with E-state index in [0.29, 0.717) is 5.56 Å². The number of aliphatic imine (C=N–C) groups is 1. The van der Waals surface area contributed by atoms with Crippen molar-refractivity contribution in [2.75, 3.05) is 0 Å². The van der Waals surface area contributed by atoms with Gasteiger partial charge in [0.15, 0.2) is 0 Å². The van der Waals surface area contributed by atoms with Crippen LogP contribution in [0.1, 0.15) is 18.1 Å². The van der Waals surface area contributed by atoms with Crippen LogP contribution in [0.4, 0.5) is 4.39 Å². The first-order valence-corrected chi connectivity index (χ1v) is 4.57. The molecular weight excluding hydrogens is 205 g/mol. The molecule has 0 N–H and O–H groups in total. The van der Waals surface area contributed by atoms with E-state index in [1.54, 1.807) is 12.1 Å². The molecule has 0 aliphatic heterocycles. The molecule has 1 aromatic rings. The maximum Gasteiger partial charge on any atom is 0.235 e. The zero-order chi connectivity index (χ0) is 10.6. The molecule has 0 saturated heterocycles. The molecule has 0 aliphatic carbocycles. The van der Waals surface area contributed by atoms with E-state index >= 15 is 0 Å². The van der Waals surface area contributed by atoms with Gasteiger partial charge in [0.05, 0.1) is 11.6 Å². The number of isocyanates is 1. The molecule has 0 unspecified atom stereocenters. The van der Waals surface area contributed by atoms with Crippen LogP contribution in [0.3, 0.4) is 0 Å². The van der Waals surface area contributed by atoms with Gasteiger partial charge in [-0.05, 0) is 18.1 Å². The second kappa shape index (κ2) is 4.89. The van der Waals surface area contributed by atoms with Crippen LogP contribution in [0.5, 0.6) is 0 Å². The number of hydrogen-bond donors (Lipinski definition) is 0. The summed E-state index contributed by atoms with van der Waals surface area (Å²) in [5, 5.41) is 0.0699. The fourth-order valence-corrected chi connectivity index (χ4v) is 1.41. The summed E-state index contributed by atoms with van der Waals surface area (Å²) in [6.45, 7) is 1.93. The molecule has 4 heteroatoms. The van der Waals surface area contributed by atoms with E-state index in [-0.39, 0.29) is 11.6 Å². The molecule has 0 bridgehead atoms. The summed E-state index contributed by atoms with van der Waals surface area (Å²) in [6.07, 6.45) is 2.13. The van der Waals surface area contributed by atoms with Crippen molar-refractivity contribution in [1.82, 2.24) is 0 Å². The number of nitrogens with zero attached hydrogens (tertiary/aromatic N) is 1. The third kappa shape index (κ3) is 2.41. The van der Waals surface area contributed by atoms with E-state index in [4.69, 9.17) is 11.6 Å². The van der Waals surface area contributed by atoms with Crippen LogP contribution in [0, 0.1) is 5.82 Å². The van der Waals surface area contributed by atoms with E-state index < -0.39 is 5.82 Å². The highest BCUT2D eigenvalue weighted by molar-refractivity contribution is 6.30. The maximum atomic E-state index is 13.3. The predicted octanol–water partition coefficient (Wildman–Crippen LogP) is 2.88. The Balaban J connectivity index is 3.12. The third-order valence-corrected chi connectivity index (χ3v) is 2.16. The Labute approximate surface area is 86.4 Å². The monoisotopic (exact) mass is 213 g/mol. The molecule has 0 amide bonds. The molecule has 0 fully saturated rings. The van der Waals surface area contributed by atoms with Gasteiger partial charge in [-0.25, -0.2) is 14.2 Å². The topological polar surface area (TPSA) is 29.4 Å². The molecule has 0 saturated carbocycles. The predicted molar refractivity (Wildman–Crippen MR) is 52.6 cm³/mol. The van der Waals surface area contributed by atoms with E-state index in [1.165, 1.54) is 6.08 Å². The van der Waals surface area contributed by atoms with Gasteiger partial charge in [-0.15, -0.1) is 0 Å². The number of rotatable bonds is 3. The molecule has 2 nitrogen and oxygen atoms in total. The summed E-state index contributed by atoms with van der Waals surface area (Å²) >= 11 is 5.66. The molecule has 0 spiro atoms. The number of benzene rings is 1. The fraction of sp³-hybridized carbons (Fsp3) is 0.300. The van der Waals surface area contributed by atoms with Crippen molar-refractivity contribution in [1.29, 1.82) is 0 Å². The summed E-state index contributed by atoms with van der Waals surface area (Å²) in [4.78, 5) is 13.2. The first-order valence-electron chi connectivity index (χ1n) is 4.19. The molecule has 74 valence electrons. The second-order valence-corrected chi connectivity index (χ2v) is 3.22. The first kappa shape index (κ1) is 10.9. The standard InChI is InChI=1S/C10H9ClFNO/c1-2-7-3-8(5-13-6-14)10(12)9(11)4-7/h3-4H,2,5H2,1H3. The van der Waals surface area contributed by atoms with Gasteiger partial charge in [0.2, 0.25) is 6.08 Å². The van der Waals surface area contributed by atoms with Crippen molar-refractivity contribution in [2.24, 2.45) is 4.99 Å². The minimum atomic E-state index is -0.511. The van der Waals surface area contributed by atoms with Gasteiger partial charge < -0.3 is 0 Å². The third-order valence-electron chi connectivity index (χ3n) is 1.89. The lowest BCUT2D eigenvalue weighted by atomic mass is 10.1. The Hall–Kier alpha value is -1.18. The highest BCUT2D eigenvalue weighted by Crippen LogP contribution is 2.21. The highest BCUT2D eigenvalue weighted by Gasteiger charge is 2.07. The van der Waals surface area contributed by atoms with Gasteiger partial charge in [-0.1, -0.05) is 24.6 Å². The smallest absolute Gasteiger partial charge is 0.211 e. The SMILES string of the molecule is CCc1cc(Cl)c(F)c(CN=C=O)c1. The highest BCUT2D eigenvalue weighted by atomic mass is 35.5. The molecule has 0 heterocycles. The van der Waals surface area contributed by atoms with Gasteiger partial charge in [0, 0.05) is 5.56 Å². The minimum Gasteiger partial charge on any atom is -0.211 e. The van der Waals surface area contributed by atoms with E-state index in [9.17, 15) is 9.18 Å². The molecule has 14 heavy (non-hydrogen) atoms. The Morgan fingerprint density at radius 3 is 2.86 bits per heavy atom. The molecule has 0 atom stereocenters. The van der Waals surface area contributed by atoms with E-state index in [2.05, 4.69) is 4.99 Å². The zero-order valence-electron chi connectivity index (χ0n) is 7.68. The molecule has 0 aromatic heterocycles. The van der Waals surface area contributed by atoms with Crippen molar-refractivity contribution in [2.45, 2.75) is 19.9 Å². The Kier molecular flexibility index (Phi) is 3.81. The fourth-order valence-electron chi connectivity index (χ4n) is 1.14. The summed E-state index contributed by atoms with van der Waals surface area (Å²) in [5.74, 6) is -0.511. The van der Waals surface area contributed by atoms with Crippen molar-refractivity contribution >= 4 is 17.7 Å². The Morgan fingerprint density at radius 2 is 2.29 bits per heavy atom. The van der Waals surface area contributed by atoms with Crippen LogP contribution < -0.4 is 0 Å². The van der Waals surface area contributed by atoms with Gasteiger partial charge in [0.1, 0.15) is 5.82 Å². The van der Waals surface area contributed by atoms with Crippen molar-refractivity contribution in [3.8, 4) is 0 Å².